The van der Waals surface area contributed by atoms with E-state index < -0.39 is 17.6 Å². The molecule has 4 aromatic rings. The van der Waals surface area contributed by atoms with E-state index in [0.717, 1.165) is 5.56 Å². The first-order valence-corrected chi connectivity index (χ1v) is 11.4. The number of carbonyl (C=O) groups is 2. The average Bonchev–Trinajstić information content (AvgIpc) is 3.50. The summed E-state index contributed by atoms with van der Waals surface area (Å²) in [7, 11) is 0. The number of hydrogen-bond donors (Lipinski definition) is 1. The van der Waals surface area contributed by atoms with Gasteiger partial charge in [0.25, 0.3) is 5.91 Å². The normalized spacial score (nSPS) is 11.0. The Bertz CT molecular complexity index is 1350. The van der Waals surface area contributed by atoms with Crippen molar-refractivity contribution in [1.29, 1.82) is 0 Å². The van der Waals surface area contributed by atoms with Crippen molar-refractivity contribution in [3.8, 4) is 16.9 Å². The number of amides is 2. The molecule has 0 bridgehead atoms. The van der Waals surface area contributed by atoms with Crippen LogP contribution in [0.25, 0.3) is 16.9 Å². The van der Waals surface area contributed by atoms with Gasteiger partial charge in [-0.15, -0.1) is 0 Å². The summed E-state index contributed by atoms with van der Waals surface area (Å²) in [5.41, 5.74) is 1.80. The molecule has 0 aliphatic carbocycles. The highest BCUT2D eigenvalue weighted by molar-refractivity contribution is 6.31. The summed E-state index contributed by atoms with van der Waals surface area (Å²) in [6, 6.07) is 14.1. The van der Waals surface area contributed by atoms with E-state index in [1.54, 1.807) is 61.0 Å². The Hall–Kier alpha value is -3.62. The Balaban J connectivity index is 1.65. The molecule has 0 atom stereocenters. The molecule has 0 aliphatic rings. The number of imidazole rings is 1. The highest BCUT2D eigenvalue weighted by atomic mass is 35.5. The predicted molar refractivity (Wildman–Crippen MR) is 132 cm³/mol. The molecular formula is C25H21Cl2FN4O3. The van der Waals surface area contributed by atoms with Gasteiger partial charge in [-0.25, -0.2) is 9.37 Å². The maximum absolute atomic E-state index is 13.8. The van der Waals surface area contributed by atoms with Crippen LogP contribution in [0.1, 0.15) is 24.4 Å². The van der Waals surface area contributed by atoms with Gasteiger partial charge in [0.05, 0.1) is 22.7 Å². The molecule has 0 saturated carbocycles. The van der Waals surface area contributed by atoms with Gasteiger partial charge in [-0.05, 0) is 56.3 Å². The third-order valence-corrected chi connectivity index (χ3v) is 5.75. The van der Waals surface area contributed by atoms with Gasteiger partial charge < -0.3 is 9.32 Å². The van der Waals surface area contributed by atoms with Crippen LogP contribution in [0.2, 0.25) is 10.0 Å². The van der Waals surface area contributed by atoms with Crippen LogP contribution in [0, 0.1) is 5.82 Å². The molecule has 0 radical (unpaired) electrons. The lowest BCUT2D eigenvalue weighted by Gasteiger charge is -2.25. The Labute approximate surface area is 211 Å². The van der Waals surface area contributed by atoms with Gasteiger partial charge in [0.15, 0.2) is 5.76 Å². The summed E-state index contributed by atoms with van der Waals surface area (Å²) in [6.45, 7) is 3.37. The SMILES string of the molecule is CC(C)N(CC(=O)Nc1nc(-c2ccc(Cl)cc2)cn1-c1ccc(F)c(Cl)c1)C(=O)c1ccco1. The summed E-state index contributed by atoms with van der Waals surface area (Å²) in [6.07, 6.45) is 3.09. The number of benzene rings is 2. The molecule has 0 aliphatic heterocycles. The van der Waals surface area contributed by atoms with Crippen LogP contribution in [-0.4, -0.2) is 38.9 Å². The Morgan fingerprint density at radius 2 is 1.89 bits per heavy atom. The first kappa shape index (κ1) is 24.5. The third kappa shape index (κ3) is 5.55. The summed E-state index contributed by atoms with van der Waals surface area (Å²) < 4.78 is 20.5. The fourth-order valence-corrected chi connectivity index (χ4v) is 3.71. The van der Waals surface area contributed by atoms with Crippen LogP contribution >= 0.6 is 23.2 Å². The number of hydrogen-bond acceptors (Lipinski definition) is 4. The van der Waals surface area contributed by atoms with Crippen molar-refractivity contribution in [3.63, 3.8) is 0 Å². The molecule has 2 aromatic heterocycles. The lowest BCUT2D eigenvalue weighted by molar-refractivity contribution is -0.117. The monoisotopic (exact) mass is 514 g/mol. The van der Waals surface area contributed by atoms with E-state index in [2.05, 4.69) is 10.3 Å². The van der Waals surface area contributed by atoms with Crippen molar-refractivity contribution in [2.45, 2.75) is 19.9 Å². The van der Waals surface area contributed by atoms with Gasteiger partial charge in [0.2, 0.25) is 11.9 Å². The van der Waals surface area contributed by atoms with E-state index in [-0.39, 0.29) is 29.3 Å². The van der Waals surface area contributed by atoms with Crippen molar-refractivity contribution >= 4 is 41.0 Å². The van der Waals surface area contributed by atoms with E-state index in [1.807, 2.05) is 0 Å². The van der Waals surface area contributed by atoms with E-state index in [1.165, 1.54) is 29.4 Å². The highest BCUT2D eigenvalue weighted by Gasteiger charge is 2.24. The minimum Gasteiger partial charge on any atom is -0.459 e. The van der Waals surface area contributed by atoms with Crippen molar-refractivity contribution < 1.29 is 18.4 Å². The van der Waals surface area contributed by atoms with Crippen molar-refractivity contribution in [2.75, 3.05) is 11.9 Å². The first-order valence-electron chi connectivity index (χ1n) is 10.7. The maximum atomic E-state index is 13.8. The molecule has 0 unspecified atom stereocenters. The van der Waals surface area contributed by atoms with Crippen molar-refractivity contribution in [3.05, 3.63) is 88.7 Å². The molecule has 35 heavy (non-hydrogen) atoms. The lowest BCUT2D eigenvalue weighted by Crippen LogP contribution is -2.42. The van der Waals surface area contributed by atoms with Gasteiger partial charge in [-0.3, -0.25) is 19.5 Å². The van der Waals surface area contributed by atoms with Crippen molar-refractivity contribution in [2.24, 2.45) is 0 Å². The van der Waals surface area contributed by atoms with Gasteiger partial charge in [0.1, 0.15) is 12.4 Å². The molecule has 10 heteroatoms. The Morgan fingerprint density at radius 1 is 1.14 bits per heavy atom. The van der Waals surface area contributed by atoms with E-state index in [9.17, 15) is 14.0 Å². The second-order valence-corrected chi connectivity index (χ2v) is 8.82. The zero-order valence-electron chi connectivity index (χ0n) is 18.8. The molecule has 0 spiro atoms. The molecule has 2 heterocycles. The van der Waals surface area contributed by atoms with Gasteiger partial charge in [0, 0.05) is 22.8 Å². The number of furan rings is 1. The Morgan fingerprint density at radius 3 is 2.51 bits per heavy atom. The molecule has 2 amide bonds. The minimum atomic E-state index is -0.567. The maximum Gasteiger partial charge on any atom is 0.290 e. The number of halogens is 3. The van der Waals surface area contributed by atoms with Crippen LogP contribution < -0.4 is 5.32 Å². The number of carbonyl (C=O) groups excluding carboxylic acids is 2. The first-order chi connectivity index (χ1) is 16.7. The fraction of sp³-hybridized carbons (Fsp3) is 0.160. The van der Waals surface area contributed by atoms with Gasteiger partial charge in [-0.2, -0.15) is 0 Å². The van der Waals surface area contributed by atoms with Crippen molar-refractivity contribution in [1.82, 2.24) is 14.5 Å². The van der Waals surface area contributed by atoms with Gasteiger partial charge >= 0.3 is 0 Å². The van der Waals surface area contributed by atoms with E-state index >= 15 is 0 Å². The molecule has 7 nitrogen and oxygen atoms in total. The predicted octanol–water partition coefficient (Wildman–Crippen LogP) is 6.07. The number of nitrogens with one attached hydrogen (secondary N) is 1. The van der Waals surface area contributed by atoms with Gasteiger partial charge in [-0.1, -0.05) is 35.3 Å². The standard InChI is InChI=1S/C25H21Cl2FN4O3/c1-15(2)31(24(34)22-4-3-11-35-22)14-23(33)30-25-29-21(16-5-7-17(26)8-6-16)13-32(25)18-9-10-20(28)19(27)12-18/h3-13,15H,14H2,1-2H3,(H,29,30,33). The van der Waals surface area contributed by atoms with E-state index in [0.29, 0.717) is 16.4 Å². The summed E-state index contributed by atoms with van der Waals surface area (Å²) >= 11 is 12.0. The second-order valence-electron chi connectivity index (χ2n) is 7.98. The summed E-state index contributed by atoms with van der Waals surface area (Å²) in [4.78, 5) is 31.7. The Kier molecular flexibility index (Phi) is 7.23. The number of aromatic nitrogens is 2. The molecule has 180 valence electrons. The zero-order valence-corrected chi connectivity index (χ0v) is 20.3. The smallest absolute Gasteiger partial charge is 0.290 e. The van der Waals surface area contributed by atoms with Crippen LogP contribution in [0.5, 0.6) is 0 Å². The fourth-order valence-electron chi connectivity index (χ4n) is 3.41. The molecule has 2 aromatic carbocycles. The van der Waals surface area contributed by atoms with Crippen LogP contribution in [0.4, 0.5) is 10.3 Å². The third-order valence-electron chi connectivity index (χ3n) is 5.21. The molecular weight excluding hydrogens is 494 g/mol. The van der Waals surface area contributed by atoms with Crippen LogP contribution in [0.15, 0.2) is 71.5 Å². The quantitative estimate of drug-likeness (QED) is 0.324. The molecule has 0 saturated heterocycles. The minimum absolute atomic E-state index is 0.0726. The lowest BCUT2D eigenvalue weighted by atomic mass is 10.2. The number of nitrogens with zero attached hydrogens (tertiary/aromatic N) is 3. The van der Waals surface area contributed by atoms with Crippen LogP contribution in [-0.2, 0) is 4.79 Å². The van der Waals surface area contributed by atoms with E-state index in [4.69, 9.17) is 27.6 Å². The summed E-state index contributed by atoms with van der Waals surface area (Å²) in [5.74, 6) is -1.13. The molecule has 1 N–H and O–H groups in total. The molecule has 0 fully saturated rings. The topological polar surface area (TPSA) is 80.4 Å². The second kappa shape index (κ2) is 10.3. The molecule has 4 rings (SSSR count). The number of rotatable bonds is 7. The van der Waals surface area contributed by atoms with Crippen LogP contribution in [0.3, 0.4) is 0 Å². The highest BCUT2D eigenvalue weighted by Crippen LogP contribution is 2.27. The largest absolute Gasteiger partial charge is 0.459 e. The number of anilines is 1. The zero-order chi connectivity index (χ0) is 25.1. The average molecular weight is 515 g/mol. The summed E-state index contributed by atoms with van der Waals surface area (Å²) in [5, 5.41) is 3.25.